The van der Waals surface area contributed by atoms with Crippen LogP contribution in [-0.4, -0.2) is 49.4 Å². The van der Waals surface area contributed by atoms with E-state index in [9.17, 15) is 4.79 Å². The molecule has 1 fully saturated rings. The Morgan fingerprint density at radius 1 is 1.10 bits per heavy atom. The molecule has 7 heteroatoms. The van der Waals surface area contributed by atoms with Crippen LogP contribution < -0.4 is 5.32 Å². The monoisotopic (exact) mass is 392 g/mol. The molecule has 3 heterocycles. The molecule has 4 rings (SSSR count). The van der Waals surface area contributed by atoms with Crippen LogP contribution in [0.15, 0.2) is 36.7 Å². The molecule has 0 unspecified atom stereocenters. The highest BCUT2D eigenvalue weighted by molar-refractivity contribution is 5.94. The molecule has 2 aromatic heterocycles. The number of benzene rings is 1. The van der Waals surface area contributed by atoms with Gasteiger partial charge in [0.05, 0.1) is 11.7 Å². The number of likely N-dealkylation sites (tertiary alicyclic amines) is 1. The second kappa shape index (κ2) is 7.55. The third-order valence-electron chi connectivity index (χ3n) is 5.69. The number of aryl methyl sites for hydroxylation is 1. The number of fused-ring (bicyclic) bond motifs is 1. The molecule has 152 valence electrons. The summed E-state index contributed by atoms with van der Waals surface area (Å²) < 4.78 is 1.78. The number of nitrogens with zero attached hydrogens (tertiary/aromatic N) is 5. The summed E-state index contributed by atoms with van der Waals surface area (Å²) in [6.07, 6.45) is 5.55. The summed E-state index contributed by atoms with van der Waals surface area (Å²) in [5, 5.41) is 16.6. The molecule has 0 aliphatic carbocycles. The van der Waals surface area contributed by atoms with E-state index in [2.05, 4.69) is 52.4 Å². The molecule has 1 aromatic carbocycles. The van der Waals surface area contributed by atoms with Crippen molar-refractivity contribution in [2.24, 2.45) is 13.0 Å². The Bertz CT molecular complexity index is 1030. The standard InChI is InChI=1S/C22H28N6O/c1-22(2,3)28-9-7-15(8-10-28)21(29)24-20-12-17-11-16(5-6-19(17)25-26-20)18-13-23-27(4)14-18/h5-6,11-15H,7-10H2,1-4H3,(H,24,26,29). The third-order valence-corrected chi connectivity index (χ3v) is 5.69. The van der Waals surface area contributed by atoms with Gasteiger partial charge in [0.2, 0.25) is 5.91 Å². The lowest BCUT2D eigenvalue weighted by Crippen LogP contribution is -2.47. The second-order valence-corrected chi connectivity index (χ2v) is 8.83. The van der Waals surface area contributed by atoms with E-state index in [0.717, 1.165) is 48.0 Å². The van der Waals surface area contributed by atoms with Gasteiger partial charge in [-0.3, -0.25) is 14.4 Å². The fourth-order valence-electron chi connectivity index (χ4n) is 3.90. The highest BCUT2D eigenvalue weighted by Gasteiger charge is 2.30. The van der Waals surface area contributed by atoms with E-state index in [-0.39, 0.29) is 17.4 Å². The lowest BCUT2D eigenvalue weighted by molar-refractivity contribution is -0.121. The topological polar surface area (TPSA) is 75.9 Å². The predicted molar refractivity (Wildman–Crippen MR) is 114 cm³/mol. The van der Waals surface area contributed by atoms with Crippen molar-refractivity contribution in [3.05, 3.63) is 36.7 Å². The van der Waals surface area contributed by atoms with Crippen molar-refractivity contribution in [2.75, 3.05) is 18.4 Å². The molecule has 1 amide bonds. The molecule has 29 heavy (non-hydrogen) atoms. The van der Waals surface area contributed by atoms with Gasteiger partial charge < -0.3 is 5.32 Å². The third kappa shape index (κ3) is 4.29. The van der Waals surface area contributed by atoms with E-state index >= 15 is 0 Å². The van der Waals surface area contributed by atoms with E-state index in [1.54, 1.807) is 4.68 Å². The van der Waals surface area contributed by atoms with Gasteiger partial charge in [-0.1, -0.05) is 6.07 Å². The minimum atomic E-state index is 0.0211. The number of hydrogen-bond donors (Lipinski definition) is 1. The summed E-state index contributed by atoms with van der Waals surface area (Å²) in [5.41, 5.74) is 3.05. The van der Waals surface area contributed by atoms with Crippen molar-refractivity contribution in [1.82, 2.24) is 24.9 Å². The maximum Gasteiger partial charge on any atom is 0.228 e. The molecule has 3 aromatic rings. The average Bonchev–Trinajstić information content (AvgIpc) is 3.13. The summed E-state index contributed by atoms with van der Waals surface area (Å²) in [6, 6.07) is 7.90. The highest BCUT2D eigenvalue weighted by Crippen LogP contribution is 2.26. The van der Waals surface area contributed by atoms with E-state index in [1.807, 2.05) is 37.6 Å². The van der Waals surface area contributed by atoms with Crippen LogP contribution in [0.3, 0.4) is 0 Å². The molecule has 1 aliphatic heterocycles. The van der Waals surface area contributed by atoms with Crippen LogP contribution in [0.25, 0.3) is 22.0 Å². The zero-order valence-electron chi connectivity index (χ0n) is 17.5. The van der Waals surface area contributed by atoms with E-state index in [1.165, 1.54) is 0 Å². The van der Waals surface area contributed by atoms with Crippen LogP contribution in [-0.2, 0) is 11.8 Å². The van der Waals surface area contributed by atoms with E-state index in [0.29, 0.717) is 5.82 Å². The molecule has 0 spiro atoms. The molecule has 7 nitrogen and oxygen atoms in total. The summed E-state index contributed by atoms with van der Waals surface area (Å²) in [5.74, 6) is 0.563. The zero-order chi connectivity index (χ0) is 20.6. The number of carbonyl (C=O) groups excluding carboxylic acids is 1. The maximum absolute atomic E-state index is 12.7. The van der Waals surface area contributed by atoms with Gasteiger partial charge in [0, 0.05) is 35.7 Å². The molecule has 0 saturated carbocycles. The number of rotatable bonds is 3. The summed E-state index contributed by atoms with van der Waals surface area (Å²) in [6.45, 7) is 8.55. The van der Waals surface area contributed by atoms with Gasteiger partial charge in [0.1, 0.15) is 0 Å². The van der Waals surface area contributed by atoms with Crippen LogP contribution in [0.5, 0.6) is 0 Å². The Morgan fingerprint density at radius 3 is 2.52 bits per heavy atom. The quantitative estimate of drug-likeness (QED) is 0.738. The van der Waals surface area contributed by atoms with Crippen molar-refractivity contribution >= 4 is 22.6 Å². The minimum Gasteiger partial charge on any atom is -0.309 e. The first kappa shape index (κ1) is 19.5. The molecule has 1 aliphatic rings. The number of nitrogens with one attached hydrogen (secondary N) is 1. The van der Waals surface area contributed by atoms with Crippen molar-refractivity contribution in [3.8, 4) is 11.1 Å². The van der Waals surface area contributed by atoms with Crippen molar-refractivity contribution in [3.63, 3.8) is 0 Å². The SMILES string of the molecule is Cn1cc(-c2ccc3nnc(NC(=O)C4CCN(C(C)(C)C)CC4)cc3c2)cn1. The van der Waals surface area contributed by atoms with Crippen LogP contribution >= 0.6 is 0 Å². The van der Waals surface area contributed by atoms with Crippen molar-refractivity contribution in [1.29, 1.82) is 0 Å². The van der Waals surface area contributed by atoms with E-state index in [4.69, 9.17) is 0 Å². The van der Waals surface area contributed by atoms with Crippen LogP contribution in [0, 0.1) is 5.92 Å². The molecule has 0 atom stereocenters. The first-order valence-corrected chi connectivity index (χ1v) is 10.1. The maximum atomic E-state index is 12.7. The van der Waals surface area contributed by atoms with Gasteiger partial charge in [-0.15, -0.1) is 10.2 Å². The average molecular weight is 393 g/mol. The van der Waals surface area contributed by atoms with Gasteiger partial charge in [-0.25, -0.2) is 0 Å². The molecule has 0 radical (unpaired) electrons. The zero-order valence-corrected chi connectivity index (χ0v) is 17.5. The molecule has 1 N–H and O–H groups in total. The number of carbonyl (C=O) groups is 1. The summed E-state index contributed by atoms with van der Waals surface area (Å²) in [4.78, 5) is 15.2. The Labute approximate surface area is 171 Å². The Morgan fingerprint density at radius 2 is 1.86 bits per heavy atom. The van der Waals surface area contributed by atoms with Crippen molar-refractivity contribution < 1.29 is 4.79 Å². The number of aromatic nitrogens is 4. The second-order valence-electron chi connectivity index (χ2n) is 8.83. The highest BCUT2D eigenvalue weighted by atomic mass is 16.2. The largest absolute Gasteiger partial charge is 0.309 e. The summed E-state index contributed by atoms with van der Waals surface area (Å²) in [7, 11) is 1.90. The van der Waals surface area contributed by atoms with Gasteiger partial charge in [-0.2, -0.15) is 5.10 Å². The smallest absolute Gasteiger partial charge is 0.228 e. The van der Waals surface area contributed by atoms with Gasteiger partial charge in [0.25, 0.3) is 0 Å². The Kier molecular flexibility index (Phi) is 5.08. The lowest BCUT2D eigenvalue weighted by Gasteiger charge is -2.40. The van der Waals surface area contributed by atoms with Gasteiger partial charge in [-0.05, 0) is 70.5 Å². The Hall–Kier alpha value is -2.80. The Balaban J connectivity index is 1.47. The fraction of sp³-hybridized carbons (Fsp3) is 0.455. The van der Waals surface area contributed by atoms with Crippen LogP contribution in [0.1, 0.15) is 33.6 Å². The molecule has 1 saturated heterocycles. The fourth-order valence-corrected chi connectivity index (χ4v) is 3.90. The van der Waals surface area contributed by atoms with Gasteiger partial charge in [0.15, 0.2) is 5.82 Å². The number of hydrogen-bond acceptors (Lipinski definition) is 5. The van der Waals surface area contributed by atoms with Crippen LogP contribution in [0.2, 0.25) is 0 Å². The van der Waals surface area contributed by atoms with Gasteiger partial charge >= 0.3 is 0 Å². The minimum absolute atomic E-state index is 0.0211. The molecular weight excluding hydrogens is 364 g/mol. The first-order chi connectivity index (χ1) is 13.8. The first-order valence-electron chi connectivity index (χ1n) is 10.1. The predicted octanol–water partition coefficient (Wildman–Crippen LogP) is 3.48. The van der Waals surface area contributed by atoms with Crippen LogP contribution in [0.4, 0.5) is 5.82 Å². The number of piperidine rings is 1. The summed E-state index contributed by atoms with van der Waals surface area (Å²) >= 11 is 0. The van der Waals surface area contributed by atoms with E-state index < -0.39 is 0 Å². The molecule has 0 bridgehead atoms. The lowest BCUT2D eigenvalue weighted by atomic mass is 9.92. The molecular formula is C22H28N6O. The number of anilines is 1. The normalized spacial score (nSPS) is 16.3. The van der Waals surface area contributed by atoms with Crippen molar-refractivity contribution in [2.45, 2.75) is 39.2 Å². The number of amides is 1.